The lowest BCUT2D eigenvalue weighted by atomic mass is 9.86. The predicted octanol–water partition coefficient (Wildman–Crippen LogP) is 3.89. The summed E-state index contributed by atoms with van der Waals surface area (Å²) in [5.74, 6) is 0. The summed E-state index contributed by atoms with van der Waals surface area (Å²) >= 11 is 3.35. The maximum Gasteiger partial charge on any atom is -0.0116 e. The molecule has 0 heterocycles. The molecular formula is C9H15Br. The second-order valence-electron chi connectivity index (χ2n) is 3.35. The summed E-state index contributed by atoms with van der Waals surface area (Å²) in [5.41, 5.74) is 0.308. The summed E-state index contributed by atoms with van der Waals surface area (Å²) in [6.45, 7) is 11.9. The van der Waals surface area contributed by atoms with Crippen molar-refractivity contribution in [3.63, 3.8) is 0 Å². The fourth-order valence-corrected chi connectivity index (χ4v) is 1.74. The van der Waals surface area contributed by atoms with Crippen molar-refractivity contribution in [3.8, 4) is 0 Å². The first-order chi connectivity index (χ1) is 4.48. The van der Waals surface area contributed by atoms with E-state index in [0.717, 1.165) is 17.3 Å². The van der Waals surface area contributed by atoms with E-state index in [0.29, 0.717) is 5.41 Å². The van der Waals surface area contributed by atoms with Gasteiger partial charge in [0, 0.05) is 0 Å². The summed E-state index contributed by atoms with van der Waals surface area (Å²) in [6.07, 6.45) is 4.01. The third-order valence-electron chi connectivity index (χ3n) is 1.37. The number of halogens is 1. The first-order valence-corrected chi connectivity index (χ1v) is 4.21. The molecule has 58 valence electrons. The molecule has 0 spiro atoms. The van der Waals surface area contributed by atoms with E-state index in [9.17, 15) is 0 Å². The van der Waals surface area contributed by atoms with E-state index in [2.05, 4.69) is 42.9 Å². The van der Waals surface area contributed by atoms with Crippen LogP contribution in [-0.4, -0.2) is 0 Å². The molecule has 0 bridgehead atoms. The van der Waals surface area contributed by atoms with Crippen LogP contribution in [0.1, 0.15) is 26.7 Å². The van der Waals surface area contributed by atoms with Crippen molar-refractivity contribution in [2.45, 2.75) is 26.7 Å². The van der Waals surface area contributed by atoms with Gasteiger partial charge >= 0.3 is 0 Å². The topological polar surface area (TPSA) is 0 Å². The van der Waals surface area contributed by atoms with Gasteiger partial charge in [-0.2, -0.15) is 0 Å². The summed E-state index contributed by atoms with van der Waals surface area (Å²) < 4.78 is 1.07. The van der Waals surface area contributed by atoms with Crippen LogP contribution in [0.2, 0.25) is 0 Å². The number of hydrogen-bond donors (Lipinski definition) is 0. The van der Waals surface area contributed by atoms with E-state index < -0.39 is 0 Å². The highest BCUT2D eigenvalue weighted by atomic mass is 79.9. The molecule has 0 aromatic carbocycles. The van der Waals surface area contributed by atoms with Crippen molar-refractivity contribution in [2.75, 3.05) is 0 Å². The van der Waals surface area contributed by atoms with Gasteiger partial charge in [0.15, 0.2) is 0 Å². The Morgan fingerprint density at radius 1 is 1.60 bits per heavy atom. The molecule has 0 nitrogen and oxygen atoms in total. The zero-order valence-corrected chi connectivity index (χ0v) is 8.37. The normalized spacial score (nSPS) is 11.1. The number of hydrogen-bond acceptors (Lipinski definition) is 0. The Morgan fingerprint density at radius 2 is 2.10 bits per heavy atom. The summed E-state index contributed by atoms with van der Waals surface area (Å²) in [4.78, 5) is 0. The summed E-state index contributed by atoms with van der Waals surface area (Å²) in [5, 5.41) is 0. The maximum atomic E-state index is 3.80. The molecule has 0 rings (SSSR count). The van der Waals surface area contributed by atoms with E-state index >= 15 is 0 Å². The van der Waals surface area contributed by atoms with Gasteiger partial charge in [-0.3, -0.25) is 0 Å². The highest BCUT2D eigenvalue weighted by Crippen LogP contribution is 2.30. The van der Waals surface area contributed by atoms with Crippen LogP contribution in [0.5, 0.6) is 0 Å². The lowest BCUT2D eigenvalue weighted by Crippen LogP contribution is -2.08. The molecule has 1 heteroatoms. The van der Waals surface area contributed by atoms with E-state index in [1.165, 1.54) is 0 Å². The molecule has 0 amide bonds. The van der Waals surface area contributed by atoms with Gasteiger partial charge in [0.25, 0.3) is 0 Å². The number of allylic oxidation sites excluding steroid dienone is 2. The third-order valence-corrected chi connectivity index (χ3v) is 1.65. The molecule has 0 aliphatic carbocycles. The maximum absolute atomic E-state index is 3.80. The molecule has 10 heavy (non-hydrogen) atoms. The molecule has 0 aliphatic heterocycles. The largest absolute Gasteiger partial charge is 0.103 e. The molecular weight excluding hydrogens is 188 g/mol. The van der Waals surface area contributed by atoms with E-state index in [1.54, 1.807) is 0 Å². The van der Waals surface area contributed by atoms with Crippen LogP contribution in [0, 0.1) is 5.41 Å². The Balaban J connectivity index is 3.85. The smallest absolute Gasteiger partial charge is 0.0116 e. The SMILES string of the molecule is C=CCC(C)(C)CC(=C)Br. The first-order valence-electron chi connectivity index (χ1n) is 3.42. The molecule has 0 fully saturated rings. The summed E-state index contributed by atoms with van der Waals surface area (Å²) in [7, 11) is 0. The fourth-order valence-electron chi connectivity index (χ4n) is 0.982. The van der Waals surface area contributed by atoms with Crippen LogP contribution in [0.4, 0.5) is 0 Å². The molecule has 0 saturated heterocycles. The van der Waals surface area contributed by atoms with Crippen LogP contribution < -0.4 is 0 Å². The average Bonchev–Trinajstić information content (AvgIpc) is 1.59. The van der Waals surface area contributed by atoms with Crippen LogP contribution in [-0.2, 0) is 0 Å². The van der Waals surface area contributed by atoms with Gasteiger partial charge in [0.05, 0.1) is 0 Å². The summed E-state index contributed by atoms with van der Waals surface area (Å²) in [6, 6.07) is 0. The van der Waals surface area contributed by atoms with Gasteiger partial charge in [-0.25, -0.2) is 0 Å². The van der Waals surface area contributed by atoms with Gasteiger partial charge in [-0.1, -0.05) is 42.4 Å². The van der Waals surface area contributed by atoms with Crippen molar-refractivity contribution in [1.29, 1.82) is 0 Å². The zero-order valence-electron chi connectivity index (χ0n) is 6.78. The van der Waals surface area contributed by atoms with Gasteiger partial charge in [-0.05, 0) is 22.7 Å². The Morgan fingerprint density at radius 3 is 2.40 bits per heavy atom. The Hall–Kier alpha value is -0.0400. The Kier molecular flexibility index (Phi) is 3.95. The molecule has 0 atom stereocenters. The highest BCUT2D eigenvalue weighted by molar-refractivity contribution is 9.11. The van der Waals surface area contributed by atoms with Crippen LogP contribution in [0.15, 0.2) is 23.7 Å². The van der Waals surface area contributed by atoms with E-state index in [1.807, 2.05) is 6.08 Å². The molecule has 0 aliphatic rings. The van der Waals surface area contributed by atoms with Crippen molar-refractivity contribution in [1.82, 2.24) is 0 Å². The van der Waals surface area contributed by atoms with Crippen LogP contribution >= 0.6 is 15.9 Å². The molecule has 0 unspecified atom stereocenters. The van der Waals surface area contributed by atoms with Crippen molar-refractivity contribution in [3.05, 3.63) is 23.7 Å². The minimum absolute atomic E-state index is 0.308. The van der Waals surface area contributed by atoms with Crippen LogP contribution in [0.3, 0.4) is 0 Å². The standard InChI is InChI=1S/C9H15Br/c1-5-6-9(3,4)7-8(2)10/h5H,1-2,6-7H2,3-4H3. The Bertz CT molecular complexity index is 134. The average molecular weight is 203 g/mol. The molecule has 0 aromatic rings. The van der Waals surface area contributed by atoms with Crippen molar-refractivity contribution in [2.24, 2.45) is 5.41 Å². The number of rotatable bonds is 4. The van der Waals surface area contributed by atoms with Crippen LogP contribution in [0.25, 0.3) is 0 Å². The quantitative estimate of drug-likeness (QED) is 0.608. The van der Waals surface area contributed by atoms with Crippen molar-refractivity contribution >= 4 is 15.9 Å². The third kappa shape index (κ3) is 4.80. The lowest BCUT2D eigenvalue weighted by molar-refractivity contribution is 0.375. The molecule has 0 N–H and O–H groups in total. The van der Waals surface area contributed by atoms with E-state index in [-0.39, 0.29) is 0 Å². The Labute approximate surface area is 72.1 Å². The van der Waals surface area contributed by atoms with Crippen molar-refractivity contribution < 1.29 is 0 Å². The van der Waals surface area contributed by atoms with E-state index in [4.69, 9.17) is 0 Å². The van der Waals surface area contributed by atoms with Gasteiger partial charge < -0.3 is 0 Å². The molecule has 0 radical (unpaired) electrons. The minimum Gasteiger partial charge on any atom is -0.103 e. The minimum atomic E-state index is 0.308. The predicted molar refractivity (Wildman–Crippen MR) is 51.3 cm³/mol. The molecule has 0 saturated carbocycles. The fraction of sp³-hybridized carbons (Fsp3) is 0.556. The highest BCUT2D eigenvalue weighted by Gasteiger charge is 2.15. The first kappa shape index (κ1) is 9.96. The second kappa shape index (κ2) is 3.97. The van der Waals surface area contributed by atoms with Gasteiger partial charge in [-0.15, -0.1) is 6.58 Å². The van der Waals surface area contributed by atoms with Gasteiger partial charge in [0.2, 0.25) is 0 Å². The second-order valence-corrected chi connectivity index (χ2v) is 4.47. The molecule has 0 aromatic heterocycles. The van der Waals surface area contributed by atoms with Gasteiger partial charge in [0.1, 0.15) is 0 Å². The lowest BCUT2D eigenvalue weighted by Gasteiger charge is -2.21. The zero-order chi connectivity index (χ0) is 8.20. The monoisotopic (exact) mass is 202 g/mol.